The van der Waals surface area contributed by atoms with Gasteiger partial charge in [0.15, 0.2) is 0 Å². The predicted octanol–water partition coefficient (Wildman–Crippen LogP) is 2.07. The number of aromatic nitrogens is 1. The summed E-state index contributed by atoms with van der Waals surface area (Å²) in [4.78, 5) is 23.0. The second kappa shape index (κ2) is 6.38. The number of anilines is 1. The van der Waals surface area contributed by atoms with E-state index in [0.717, 1.165) is 18.7 Å². The van der Waals surface area contributed by atoms with E-state index in [1.54, 1.807) is 15.9 Å². The number of hydrogen-bond donors (Lipinski definition) is 2. The third kappa shape index (κ3) is 3.48. The smallest absolute Gasteiger partial charge is 0.250 e. The zero-order chi connectivity index (χ0) is 14.5. The highest BCUT2D eigenvalue weighted by atomic mass is 32.1. The molecule has 106 valence electrons. The molecule has 2 aromatic rings. The number of hydrogen-bond acceptors (Lipinski definition) is 4. The van der Waals surface area contributed by atoms with Crippen LogP contribution in [0.5, 0.6) is 0 Å². The van der Waals surface area contributed by atoms with E-state index < -0.39 is 5.91 Å². The number of carbonyl (C=O) groups excluding carboxylic acids is 1. The fourth-order valence-corrected chi connectivity index (χ4v) is 2.54. The summed E-state index contributed by atoms with van der Waals surface area (Å²) >= 11 is 1.63. The van der Waals surface area contributed by atoms with Crippen LogP contribution in [0.2, 0.25) is 0 Å². The summed E-state index contributed by atoms with van der Waals surface area (Å²) < 4.78 is 1.55. The van der Waals surface area contributed by atoms with E-state index in [0.29, 0.717) is 5.56 Å². The lowest BCUT2D eigenvalue weighted by Gasteiger charge is -2.16. The van der Waals surface area contributed by atoms with Gasteiger partial charge in [-0.05, 0) is 30.9 Å². The zero-order valence-electron chi connectivity index (χ0n) is 11.2. The highest BCUT2D eigenvalue weighted by Crippen LogP contribution is 2.14. The van der Waals surface area contributed by atoms with Crippen LogP contribution in [0, 0.1) is 0 Å². The molecule has 0 bridgehead atoms. The van der Waals surface area contributed by atoms with Crippen LogP contribution in [0.25, 0.3) is 0 Å². The number of primary amides is 1. The highest BCUT2D eigenvalue weighted by molar-refractivity contribution is 7.08. The highest BCUT2D eigenvalue weighted by Gasteiger charge is 2.09. The summed E-state index contributed by atoms with van der Waals surface area (Å²) in [5.41, 5.74) is 6.54. The van der Waals surface area contributed by atoms with Crippen molar-refractivity contribution in [2.75, 3.05) is 11.9 Å². The van der Waals surface area contributed by atoms with E-state index in [4.69, 9.17) is 5.73 Å². The molecule has 1 unspecified atom stereocenters. The molecule has 20 heavy (non-hydrogen) atoms. The summed E-state index contributed by atoms with van der Waals surface area (Å²) in [6, 6.07) is 4.84. The molecule has 2 aromatic heterocycles. The van der Waals surface area contributed by atoms with Crippen LogP contribution in [0.3, 0.4) is 0 Å². The molecule has 1 amide bonds. The Bertz CT molecular complexity index is 634. The summed E-state index contributed by atoms with van der Waals surface area (Å²) in [5, 5.41) is 7.32. The molecule has 0 aromatic carbocycles. The van der Waals surface area contributed by atoms with Crippen molar-refractivity contribution in [2.24, 2.45) is 5.73 Å². The molecule has 0 radical (unpaired) electrons. The maximum atomic E-state index is 11.8. The van der Waals surface area contributed by atoms with Crippen molar-refractivity contribution in [1.29, 1.82) is 0 Å². The van der Waals surface area contributed by atoms with Crippen LogP contribution in [0.1, 0.15) is 29.7 Å². The molecule has 3 N–H and O–H groups in total. The van der Waals surface area contributed by atoms with Crippen LogP contribution >= 0.6 is 11.3 Å². The number of carbonyl (C=O) groups is 1. The van der Waals surface area contributed by atoms with Crippen LogP contribution in [0.15, 0.2) is 40.0 Å². The fourth-order valence-electron chi connectivity index (χ4n) is 1.92. The van der Waals surface area contributed by atoms with E-state index in [-0.39, 0.29) is 11.6 Å². The molecule has 0 spiro atoms. The van der Waals surface area contributed by atoms with Crippen LogP contribution < -0.4 is 16.6 Å². The quantitative estimate of drug-likeness (QED) is 0.855. The molecule has 0 saturated heterocycles. The molecular formula is C14H17N3O2S. The van der Waals surface area contributed by atoms with E-state index >= 15 is 0 Å². The average molecular weight is 291 g/mol. The van der Waals surface area contributed by atoms with E-state index in [1.807, 2.05) is 23.8 Å². The maximum absolute atomic E-state index is 11.8. The maximum Gasteiger partial charge on any atom is 0.250 e. The molecular weight excluding hydrogens is 274 g/mol. The Morgan fingerprint density at radius 3 is 2.90 bits per heavy atom. The number of rotatable bonds is 6. The first-order chi connectivity index (χ1) is 9.58. The Morgan fingerprint density at radius 1 is 1.45 bits per heavy atom. The molecule has 0 aliphatic rings. The van der Waals surface area contributed by atoms with Crippen molar-refractivity contribution in [3.05, 3.63) is 51.1 Å². The third-order valence-corrected chi connectivity index (χ3v) is 3.79. The minimum Gasteiger partial charge on any atom is -0.384 e. The fraction of sp³-hybridized carbons (Fsp3) is 0.286. The first-order valence-corrected chi connectivity index (χ1v) is 7.30. The predicted molar refractivity (Wildman–Crippen MR) is 81.4 cm³/mol. The van der Waals surface area contributed by atoms with Crippen molar-refractivity contribution < 1.29 is 4.79 Å². The number of pyridine rings is 1. The van der Waals surface area contributed by atoms with Gasteiger partial charge in [0, 0.05) is 35.9 Å². The number of nitrogens with two attached hydrogens (primary N) is 1. The van der Waals surface area contributed by atoms with Crippen LogP contribution in [-0.2, 0) is 0 Å². The van der Waals surface area contributed by atoms with Crippen molar-refractivity contribution in [3.63, 3.8) is 0 Å². The van der Waals surface area contributed by atoms with E-state index in [2.05, 4.69) is 5.32 Å². The van der Waals surface area contributed by atoms with Gasteiger partial charge in [0.05, 0.1) is 5.56 Å². The van der Waals surface area contributed by atoms with Gasteiger partial charge >= 0.3 is 0 Å². The van der Waals surface area contributed by atoms with Crippen molar-refractivity contribution in [3.8, 4) is 0 Å². The van der Waals surface area contributed by atoms with Gasteiger partial charge in [-0.1, -0.05) is 0 Å². The molecule has 6 heteroatoms. The first-order valence-electron chi connectivity index (χ1n) is 6.36. The molecule has 0 aliphatic carbocycles. The van der Waals surface area contributed by atoms with Crippen LogP contribution in [-0.4, -0.2) is 17.0 Å². The van der Waals surface area contributed by atoms with Gasteiger partial charge in [-0.3, -0.25) is 9.59 Å². The van der Waals surface area contributed by atoms with E-state index in [9.17, 15) is 9.59 Å². The molecule has 0 fully saturated rings. The van der Waals surface area contributed by atoms with Gasteiger partial charge in [0.25, 0.3) is 5.56 Å². The molecule has 2 heterocycles. The number of nitrogens with zero attached hydrogens (tertiary/aromatic N) is 1. The summed E-state index contributed by atoms with van der Waals surface area (Å²) in [6.45, 7) is 2.70. The van der Waals surface area contributed by atoms with Gasteiger partial charge in [0.1, 0.15) is 0 Å². The Morgan fingerprint density at radius 2 is 2.25 bits per heavy atom. The van der Waals surface area contributed by atoms with Crippen molar-refractivity contribution in [1.82, 2.24) is 4.57 Å². The first kappa shape index (κ1) is 14.3. The zero-order valence-corrected chi connectivity index (χ0v) is 12.0. The number of amides is 1. The molecule has 0 aliphatic heterocycles. The minimum absolute atomic E-state index is 0.00654. The van der Waals surface area contributed by atoms with Gasteiger partial charge in [0.2, 0.25) is 5.91 Å². The number of nitrogens with one attached hydrogen (secondary N) is 1. The molecule has 0 saturated carbocycles. The van der Waals surface area contributed by atoms with Crippen LogP contribution in [0.4, 0.5) is 5.69 Å². The standard InChI is InChI=1S/C14H17N3O2S/c1-10(4-6-16-12-5-7-20-9-12)17-8-11(14(15)19)2-3-13(17)18/h2-3,5,7-10,16H,4,6H2,1H3,(H2,15,19). The van der Waals surface area contributed by atoms with Gasteiger partial charge in [-0.15, -0.1) is 0 Å². The SMILES string of the molecule is CC(CCNc1ccsc1)n1cc(C(N)=O)ccc1=O. The normalized spacial score (nSPS) is 12.1. The third-order valence-electron chi connectivity index (χ3n) is 3.11. The average Bonchev–Trinajstić information content (AvgIpc) is 2.92. The minimum atomic E-state index is -0.526. The molecule has 1 atom stereocenters. The molecule has 5 nitrogen and oxygen atoms in total. The van der Waals surface area contributed by atoms with Crippen molar-refractivity contribution >= 4 is 22.9 Å². The second-order valence-electron chi connectivity index (χ2n) is 4.60. The largest absolute Gasteiger partial charge is 0.384 e. The second-order valence-corrected chi connectivity index (χ2v) is 5.38. The lowest BCUT2D eigenvalue weighted by Crippen LogP contribution is -2.25. The van der Waals surface area contributed by atoms with Crippen molar-refractivity contribution in [2.45, 2.75) is 19.4 Å². The Hall–Kier alpha value is -2.08. The van der Waals surface area contributed by atoms with Gasteiger partial charge in [-0.25, -0.2) is 0 Å². The summed E-state index contributed by atoms with van der Waals surface area (Å²) in [5.74, 6) is -0.526. The Labute approximate surface area is 121 Å². The van der Waals surface area contributed by atoms with Gasteiger partial charge < -0.3 is 15.6 Å². The Kier molecular flexibility index (Phi) is 4.57. The Balaban J connectivity index is 2.01. The summed E-state index contributed by atoms with van der Waals surface area (Å²) in [6.07, 6.45) is 2.30. The summed E-state index contributed by atoms with van der Waals surface area (Å²) in [7, 11) is 0. The lowest BCUT2D eigenvalue weighted by molar-refractivity contribution is 0.0999. The molecule has 2 rings (SSSR count). The lowest BCUT2D eigenvalue weighted by atomic mass is 10.2. The van der Waals surface area contributed by atoms with Gasteiger partial charge in [-0.2, -0.15) is 11.3 Å². The monoisotopic (exact) mass is 291 g/mol. The number of thiophene rings is 1. The van der Waals surface area contributed by atoms with E-state index in [1.165, 1.54) is 18.3 Å². The topological polar surface area (TPSA) is 77.1 Å².